The third-order valence-electron chi connectivity index (χ3n) is 4.05. The second-order valence-electron chi connectivity index (χ2n) is 5.54. The predicted octanol–water partition coefficient (Wildman–Crippen LogP) is 3.81. The Morgan fingerprint density at radius 1 is 1.50 bits per heavy atom. The maximum Gasteiger partial charge on any atom is 0.142 e. The van der Waals surface area contributed by atoms with Crippen LogP contribution in [0.3, 0.4) is 0 Å². The van der Waals surface area contributed by atoms with Gasteiger partial charge >= 0.3 is 0 Å². The molecule has 112 valence electrons. The maximum atomic E-state index is 13.6. The minimum atomic E-state index is -0.339. The molecule has 0 radical (unpaired) electrons. The molecule has 0 amide bonds. The van der Waals surface area contributed by atoms with E-state index in [-0.39, 0.29) is 16.9 Å². The fourth-order valence-corrected chi connectivity index (χ4v) is 3.02. The average molecular weight is 300 g/mol. The molecule has 20 heavy (non-hydrogen) atoms. The largest absolute Gasteiger partial charge is 0.378 e. The Hall–Kier alpha value is -0.640. The van der Waals surface area contributed by atoms with Crippen LogP contribution in [-0.4, -0.2) is 25.3 Å². The van der Waals surface area contributed by atoms with Gasteiger partial charge in [-0.1, -0.05) is 24.6 Å². The zero-order valence-electron chi connectivity index (χ0n) is 12.2. The van der Waals surface area contributed by atoms with Gasteiger partial charge in [0, 0.05) is 18.6 Å². The van der Waals surface area contributed by atoms with Crippen LogP contribution in [0.15, 0.2) is 18.2 Å². The summed E-state index contributed by atoms with van der Waals surface area (Å²) in [6.45, 7) is 6.08. The highest BCUT2D eigenvalue weighted by Crippen LogP contribution is 2.27. The minimum absolute atomic E-state index is 0.185. The second kappa shape index (κ2) is 7.39. The Morgan fingerprint density at radius 2 is 2.30 bits per heavy atom. The maximum absolute atomic E-state index is 13.6. The standard InChI is InChI=1S/C16H23ClFNO/c1-3-7-19-16(13-6-8-20-11(13)2)10-12-4-5-14(17)15(18)9-12/h4-5,9,11,13,16,19H,3,6-8,10H2,1-2H3. The van der Waals surface area contributed by atoms with E-state index in [0.717, 1.165) is 38.0 Å². The molecule has 0 aliphatic carbocycles. The van der Waals surface area contributed by atoms with E-state index in [1.54, 1.807) is 12.1 Å². The van der Waals surface area contributed by atoms with Crippen LogP contribution < -0.4 is 5.32 Å². The first-order chi connectivity index (χ1) is 9.61. The molecular weight excluding hydrogens is 277 g/mol. The van der Waals surface area contributed by atoms with Crippen LogP contribution in [0.2, 0.25) is 5.02 Å². The molecule has 4 heteroatoms. The molecule has 1 saturated heterocycles. The van der Waals surface area contributed by atoms with Crippen LogP contribution in [0.25, 0.3) is 0 Å². The Kier molecular flexibility index (Phi) is 5.82. The molecule has 1 aliphatic rings. The van der Waals surface area contributed by atoms with Crippen LogP contribution in [0.4, 0.5) is 4.39 Å². The van der Waals surface area contributed by atoms with E-state index in [9.17, 15) is 4.39 Å². The van der Waals surface area contributed by atoms with E-state index in [1.165, 1.54) is 0 Å². The highest BCUT2D eigenvalue weighted by molar-refractivity contribution is 6.30. The van der Waals surface area contributed by atoms with Crippen LogP contribution in [-0.2, 0) is 11.2 Å². The Morgan fingerprint density at radius 3 is 2.90 bits per heavy atom. The molecule has 1 heterocycles. The van der Waals surface area contributed by atoms with Crippen molar-refractivity contribution in [3.05, 3.63) is 34.6 Å². The predicted molar refractivity (Wildman–Crippen MR) is 80.7 cm³/mol. The van der Waals surface area contributed by atoms with Crippen LogP contribution in [0.1, 0.15) is 32.3 Å². The summed E-state index contributed by atoms with van der Waals surface area (Å²) in [6.07, 6.45) is 3.24. The van der Waals surface area contributed by atoms with E-state index < -0.39 is 0 Å². The van der Waals surface area contributed by atoms with E-state index in [0.29, 0.717) is 12.0 Å². The van der Waals surface area contributed by atoms with Crippen molar-refractivity contribution in [2.45, 2.75) is 45.3 Å². The van der Waals surface area contributed by atoms with Crippen molar-refractivity contribution in [2.75, 3.05) is 13.2 Å². The van der Waals surface area contributed by atoms with Gasteiger partial charge in [-0.2, -0.15) is 0 Å². The molecule has 0 bridgehead atoms. The topological polar surface area (TPSA) is 21.3 Å². The van der Waals surface area contributed by atoms with Gasteiger partial charge in [-0.05, 0) is 50.4 Å². The molecule has 0 aromatic heterocycles. The number of hydrogen-bond acceptors (Lipinski definition) is 2. The van der Waals surface area contributed by atoms with Gasteiger partial charge in [0.05, 0.1) is 11.1 Å². The number of halogens is 2. The normalized spacial score (nSPS) is 24.0. The Bertz CT molecular complexity index is 440. The number of ether oxygens (including phenoxy) is 1. The SMILES string of the molecule is CCCNC(Cc1ccc(Cl)c(F)c1)C1CCOC1C. The van der Waals surface area contributed by atoms with Gasteiger partial charge in [0.15, 0.2) is 0 Å². The van der Waals surface area contributed by atoms with Crippen molar-refractivity contribution in [3.63, 3.8) is 0 Å². The molecule has 1 aromatic rings. The lowest BCUT2D eigenvalue weighted by Crippen LogP contribution is -2.41. The van der Waals surface area contributed by atoms with Crippen molar-refractivity contribution in [2.24, 2.45) is 5.92 Å². The van der Waals surface area contributed by atoms with Gasteiger partial charge in [0.1, 0.15) is 5.82 Å². The molecule has 1 aliphatic heterocycles. The molecule has 0 spiro atoms. The Labute approximate surface area is 125 Å². The lowest BCUT2D eigenvalue weighted by molar-refractivity contribution is 0.0954. The van der Waals surface area contributed by atoms with Crippen molar-refractivity contribution < 1.29 is 9.13 Å². The first kappa shape index (κ1) is 15.7. The fourth-order valence-electron chi connectivity index (χ4n) is 2.90. The minimum Gasteiger partial charge on any atom is -0.378 e. The van der Waals surface area contributed by atoms with Gasteiger partial charge < -0.3 is 10.1 Å². The first-order valence-electron chi connectivity index (χ1n) is 7.40. The van der Waals surface area contributed by atoms with Crippen LogP contribution >= 0.6 is 11.6 Å². The van der Waals surface area contributed by atoms with E-state index in [1.807, 2.05) is 6.07 Å². The summed E-state index contributed by atoms with van der Waals surface area (Å²) in [7, 11) is 0. The summed E-state index contributed by atoms with van der Waals surface area (Å²) in [6, 6.07) is 5.42. The molecule has 0 saturated carbocycles. The smallest absolute Gasteiger partial charge is 0.142 e. The molecule has 3 unspecified atom stereocenters. The summed E-state index contributed by atoms with van der Waals surface area (Å²) in [5.74, 6) is 0.148. The third-order valence-corrected chi connectivity index (χ3v) is 4.35. The Balaban J connectivity index is 2.08. The molecule has 3 atom stereocenters. The number of benzene rings is 1. The summed E-state index contributed by atoms with van der Waals surface area (Å²) < 4.78 is 19.2. The van der Waals surface area contributed by atoms with E-state index in [4.69, 9.17) is 16.3 Å². The van der Waals surface area contributed by atoms with Gasteiger partial charge in [0.2, 0.25) is 0 Å². The number of hydrogen-bond donors (Lipinski definition) is 1. The number of rotatable bonds is 6. The zero-order chi connectivity index (χ0) is 14.5. The second-order valence-corrected chi connectivity index (χ2v) is 5.95. The highest BCUT2D eigenvalue weighted by Gasteiger charge is 2.31. The van der Waals surface area contributed by atoms with Gasteiger partial charge in [-0.15, -0.1) is 0 Å². The summed E-state index contributed by atoms with van der Waals surface area (Å²) in [5.41, 5.74) is 0.986. The number of nitrogens with one attached hydrogen (secondary N) is 1. The van der Waals surface area contributed by atoms with E-state index in [2.05, 4.69) is 19.2 Å². The molecular formula is C16H23ClFNO. The van der Waals surface area contributed by atoms with Gasteiger partial charge in [0.25, 0.3) is 0 Å². The van der Waals surface area contributed by atoms with Crippen molar-refractivity contribution >= 4 is 11.6 Å². The third kappa shape index (κ3) is 3.94. The molecule has 2 rings (SSSR count). The molecule has 1 N–H and O–H groups in total. The van der Waals surface area contributed by atoms with Crippen molar-refractivity contribution in [1.82, 2.24) is 5.32 Å². The average Bonchev–Trinajstić information content (AvgIpc) is 2.85. The van der Waals surface area contributed by atoms with Gasteiger partial charge in [-0.25, -0.2) is 4.39 Å². The van der Waals surface area contributed by atoms with Crippen LogP contribution in [0, 0.1) is 11.7 Å². The van der Waals surface area contributed by atoms with Crippen molar-refractivity contribution in [1.29, 1.82) is 0 Å². The lowest BCUT2D eigenvalue weighted by atomic mass is 9.88. The zero-order valence-corrected chi connectivity index (χ0v) is 12.9. The molecule has 1 aromatic carbocycles. The fraction of sp³-hybridized carbons (Fsp3) is 0.625. The quantitative estimate of drug-likeness (QED) is 0.862. The summed E-state index contributed by atoms with van der Waals surface area (Å²) in [4.78, 5) is 0. The van der Waals surface area contributed by atoms with Crippen LogP contribution in [0.5, 0.6) is 0 Å². The van der Waals surface area contributed by atoms with E-state index >= 15 is 0 Å². The van der Waals surface area contributed by atoms with Crippen molar-refractivity contribution in [3.8, 4) is 0 Å². The first-order valence-corrected chi connectivity index (χ1v) is 7.78. The molecule has 1 fully saturated rings. The monoisotopic (exact) mass is 299 g/mol. The summed E-state index contributed by atoms with van der Waals surface area (Å²) in [5, 5.41) is 3.77. The molecule has 2 nitrogen and oxygen atoms in total. The highest BCUT2D eigenvalue weighted by atomic mass is 35.5. The lowest BCUT2D eigenvalue weighted by Gasteiger charge is -2.27. The van der Waals surface area contributed by atoms with Gasteiger partial charge in [-0.3, -0.25) is 0 Å². The summed E-state index contributed by atoms with van der Waals surface area (Å²) >= 11 is 5.74.